The summed E-state index contributed by atoms with van der Waals surface area (Å²) in [6, 6.07) is 8.32. The number of ether oxygens (including phenoxy) is 1. The predicted molar refractivity (Wildman–Crippen MR) is 101 cm³/mol. The molecule has 2 heterocycles. The van der Waals surface area contributed by atoms with Crippen molar-refractivity contribution in [3.8, 4) is 5.75 Å². The smallest absolute Gasteiger partial charge is 0.121 e. The third-order valence-electron chi connectivity index (χ3n) is 5.40. The first-order valence-electron chi connectivity index (χ1n) is 9.17. The monoisotopic (exact) mass is 354 g/mol. The van der Waals surface area contributed by atoms with Gasteiger partial charge in [-0.25, -0.2) is 0 Å². The van der Waals surface area contributed by atoms with E-state index in [0.29, 0.717) is 12.5 Å². The molecule has 3 atom stereocenters. The van der Waals surface area contributed by atoms with Crippen molar-refractivity contribution in [3.05, 3.63) is 47.9 Å². The van der Waals surface area contributed by atoms with Crippen LogP contribution >= 0.6 is 0 Å². The highest BCUT2D eigenvalue weighted by atomic mass is 16.5. The Bertz CT molecular complexity index is 871. The fraction of sp³-hybridized carbons (Fsp3) is 0.450. The molecule has 0 amide bonds. The Kier molecular flexibility index (Phi) is 4.70. The predicted octanol–water partition coefficient (Wildman–Crippen LogP) is 2.61. The lowest BCUT2D eigenvalue weighted by Gasteiger charge is -2.15. The molecule has 0 aliphatic heterocycles. The molecule has 0 spiro atoms. The molecule has 1 aromatic carbocycles. The summed E-state index contributed by atoms with van der Waals surface area (Å²) >= 11 is 0. The average molecular weight is 354 g/mol. The summed E-state index contributed by atoms with van der Waals surface area (Å²) in [6.07, 6.45) is 5.26. The van der Waals surface area contributed by atoms with Crippen molar-refractivity contribution in [2.45, 2.75) is 45.0 Å². The van der Waals surface area contributed by atoms with Crippen molar-refractivity contribution in [2.75, 3.05) is 7.11 Å². The number of fused-ring (bicyclic) bond motifs is 1. The van der Waals surface area contributed by atoms with Gasteiger partial charge in [-0.2, -0.15) is 5.10 Å². The second kappa shape index (κ2) is 7.13. The van der Waals surface area contributed by atoms with Crippen molar-refractivity contribution in [1.82, 2.24) is 20.1 Å². The summed E-state index contributed by atoms with van der Waals surface area (Å²) in [4.78, 5) is 3.46. The zero-order chi connectivity index (χ0) is 18.1. The lowest BCUT2D eigenvalue weighted by atomic mass is 10.1. The number of nitrogens with one attached hydrogen (secondary N) is 2. The van der Waals surface area contributed by atoms with Crippen LogP contribution in [0.1, 0.15) is 24.1 Å². The van der Waals surface area contributed by atoms with Gasteiger partial charge in [0.2, 0.25) is 0 Å². The number of hydrogen-bond acceptors (Lipinski definition) is 4. The molecule has 1 unspecified atom stereocenters. The Morgan fingerprint density at radius 1 is 1.35 bits per heavy atom. The summed E-state index contributed by atoms with van der Waals surface area (Å²) < 4.78 is 7.30. The van der Waals surface area contributed by atoms with Crippen LogP contribution in [0.4, 0.5) is 0 Å². The van der Waals surface area contributed by atoms with Crippen molar-refractivity contribution in [3.63, 3.8) is 0 Å². The van der Waals surface area contributed by atoms with Gasteiger partial charge in [0.15, 0.2) is 0 Å². The lowest BCUT2D eigenvalue weighted by Crippen LogP contribution is -2.35. The highest BCUT2D eigenvalue weighted by Crippen LogP contribution is 2.29. The van der Waals surface area contributed by atoms with Gasteiger partial charge < -0.3 is 20.1 Å². The SMILES string of the molecule is COc1cc(C)c2cc(CN[C@@H]3CC(Cn4cccn4)C[C@H]3O)[nH]c2c1. The second-order valence-electron chi connectivity index (χ2n) is 7.32. The molecule has 1 aliphatic carbocycles. The molecule has 138 valence electrons. The van der Waals surface area contributed by atoms with Crippen molar-refractivity contribution in [2.24, 2.45) is 5.92 Å². The van der Waals surface area contributed by atoms with E-state index in [-0.39, 0.29) is 12.1 Å². The molecule has 1 fully saturated rings. The number of rotatable bonds is 6. The summed E-state index contributed by atoms with van der Waals surface area (Å²) in [5, 5.41) is 19.4. The molecule has 26 heavy (non-hydrogen) atoms. The molecule has 0 radical (unpaired) electrons. The minimum atomic E-state index is -0.304. The molecule has 1 saturated carbocycles. The topological polar surface area (TPSA) is 75.1 Å². The van der Waals surface area contributed by atoms with E-state index < -0.39 is 0 Å². The molecule has 3 N–H and O–H groups in total. The first kappa shape index (κ1) is 17.1. The molecular weight excluding hydrogens is 328 g/mol. The molecule has 2 aromatic heterocycles. The summed E-state index contributed by atoms with van der Waals surface area (Å²) in [7, 11) is 1.69. The van der Waals surface area contributed by atoms with E-state index in [4.69, 9.17) is 4.74 Å². The number of aromatic amines is 1. The van der Waals surface area contributed by atoms with Gasteiger partial charge in [0, 0.05) is 54.2 Å². The Balaban J connectivity index is 1.39. The van der Waals surface area contributed by atoms with Crippen LogP contribution in [0, 0.1) is 12.8 Å². The number of aromatic nitrogens is 3. The largest absolute Gasteiger partial charge is 0.497 e. The van der Waals surface area contributed by atoms with E-state index in [0.717, 1.165) is 36.3 Å². The quantitative estimate of drug-likeness (QED) is 0.636. The van der Waals surface area contributed by atoms with Crippen LogP contribution in [0.25, 0.3) is 10.9 Å². The van der Waals surface area contributed by atoms with Crippen LogP contribution < -0.4 is 10.1 Å². The summed E-state index contributed by atoms with van der Waals surface area (Å²) in [5.74, 6) is 1.32. The van der Waals surface area contributed by atoms with Crippen LogP contribution in [-0.4, -0.2) is 39.1 Å². The molecule has 6 heteroatoms. The second-order valence-corrected chi connectivity index (χ2v) is 7.32. The molecule has 6 nitrogen and oxygen atoms in total. The Hall–Kier alpha value is -2.31. The molecule has 0 bridgehead atoms. The lowest BCUT2D eigenvalue weighted by molar-refractivity contribution is 0.145. The highest BCUT2D eigenvalue weighted by molar-refractivity contribution is 5.85. The molecule has 0 saturated heterocycles. The number of aliphatic hydroxyl groups excluding tert-OH is 1. The van der Waals surface area contributed by atoms with E-state index in [1.54, 1.807) is 13.3 Å². The fourth-order valence-corrected chi connectivity index (χ4v) is 4.06. The molecule has 4 rings (SSSR count). The van der Waals surface area contributed by atoms with Gasteiger partial charge in [0.1, 0.15) is 5.75 Å². The van der Waals surface area contributed by atoms with Crippen LogP contribution in [-0.2, 0) is 13.1 Å². The fourth-order valence-electron chi connectivity index (χ4n) is 4.06. The van der Waals surface area contributed by atoms with E-state index in [1.807, 2.05) is 29.1 Å². The molecule has 3 aromatic rings. The maximum atomic E-state index is 10.4. The van der Waals surface area contributed by atoms with E-state index >= 15 is 0 Å². The van der Waals surface area contributed by atoms with Crippen molar-refractivity contribution in [1.29, 1.82) is 0 Å². The third-order valence-corrected chi connectivity index (χ3v) is 5.40. The molecular formula is C20H26N4O2. The van der Waals surface area contributed by atoms with Gasteiger partial charge in [-0.05, 0) is 49.4 Å². The summed E-state index contributed by atoms with van der Waals surface area (Å²) in [6.45, 7) is 3.68. The zero-order valence-corrected chi connectivity index (χ0v) is 15.3. The van der Waals surface area contributed by atoms with Crippen molar-refractivity contribution < 1.29 is 9.84 Å². The number of H-pyrrole nitrogens is 1. The Morgan fingerprint density at radius 2 is 2.23 bits per heavy atom. The van der Waals surface area contributed by atoms with Crippen LogP contribution in [0.15, 0.2) is 36.7 Å². The van der Waals surface area contributed by atoms with E-state index in [2.05, 4.69) is 28.4 Å². The number of hydrogen-bond donors (Lipinski definition) is 3. The van der Waals surface area contributed by atoms with Crippen LogP contribution in [0.5, 0.6) is 5.75 Å². The Labute approximate surface area is 153 Å². The van der Waals surface area contributed by atoms with Crippen LogP contribution in [0.2, 0.25) is 0 Å². The van der Waals surface area contributed by atoms with Gasteiger partial charge in [0.25, 0.3) is 0 Å². The minimum Gasteiger partial charge on any atom is -0.497 e. The van der Waals surface area contributed by atoms with Gasteiger partial charge in [0.05, 0.1) is 13.2 Å². The first-order chi connectivity index (χ1) is 12.6. The number of benzene rings is 1. The standard InChI is InChI=1S/C20H26N4O2/c1-13-6-16(26-2)10-18-17(13)9-15(23-18)11-21-19-7-14(8-20(19)25)12-24-5-3-4-22-24/h3-6,9-10,14,19-21,23,25H,7-8,11-12H2,1-2H3/t14?,19-,20-/m1/s1. The average Bonchev–Trinajstić information content (AvgIpc) is 3.33. The maximum Gasteiger partial charge on any atom is 0.121 e. The zero-order valence-electron chi connectivity index (χ0n) is 15.3. The summed E-state index contributed by atoms with van der Waals surface area (Å²) in [5.41, 5.74) is 3.41. The number of nitrogens with zero attached hydrogens (tertiary/aromatic N) is 2. The highest BCUT2D eigenvalue weighted by Gasteiger charge is 2.32. The number of aryl methyl sites for hydroxylation is 1. The van der Waals surface area contributed by atoms with Gasteiger partial charge in [-0.1, -0.05) is 0 Å². The van der Waals surface area contributed by atoms with E-state index in [9.17, 15) is 5.11 Å². The van der Waals surface area contributed by atoms with E-state index in [1.165, 1.54) is 10.9 Å². The Morgan fingerprint density at radius 3 is 3.00 bits per heavy atom. The van der Waals surface area contributed by atoms with Crippen LogP contribution in [0.3, 0.4) is 0 Å². The normalized spacial score (nSPS) is 23.0. The van der Waals surface area contributed by atoms with Gasteiger partial charge >= 0.3 is 0 Å². The van der Waals surface area contributed by atoms with Gasteiger partial charge in [-0.3, -0.25) is 4.68 Å². The first-order valence-corrected chi connectivity index (χ1v) is 9.17. The minimum absolute atomic E-state index is 0.123. The van der Waals surface area contributed by atoms with Gasteiger partial charge in [-0.15, -0.1) is 0 Å². The van der Waals surface area contributed by atoms with Crippen molar-refractivity contribution >= 4 is 10.9 Å². The number of methoxy groups -OCH3 is 1. The number of aliphatic hydroxyl groups is 1. The third kappa shape index (κ3) is 3.48. The molecule has 1 aliphatic rings. The maximum absolute atomic E-state index is 10.4.